The lowest BCUT2D eigenvalue weighted by molar-refractivity contribution is -0.138. The summed E-state index contributed by atoms with van der Waals surface area (Å²) in [5, 5.41) is 33.0. The fourth-order valence-electron chi connectivity index (χ4n) is 4.27. The first-order valence-electron chi connectivity index (χ1n) is 12.8. The molecule has 1 fully saturated rings. The number of likely N-dealkylation sites (N-methyl/N-ethyl adjacent to an activating group) is 1. The van der Waals surface area contributed by atoms with Crippen molar-refractivity contribution in [3.8, 4) is 0 Å². The van der Waals surface area contributed by atoms with Crippen LogP contribution in [0, 0.1) is 5.92 Å². The maximum Gasteiger partial charge on any atom is 0.317 e. The molecule has 0 amide bonds. The van der Waals surface area contributed by atoms with Gasteiger partial charge in [0.2, 0.25) is 0 Å². The number of aliphatic hydroxyl groups is 2. The van der Waals surface area contributed by atoms with E-state index in [2.05, 4.69) is 40.8 Å². The van der Waals surface area contributed by atoms with Crippen molar-refractivity contribution in [2.24, 2.45) is 5.92 Å². The monoisotopic (exact) mass is 487 g/mol. The Balaban J connectivity index is 2.59. The number of carboxylic acids is 1. The van der Waals surface area contributed by atoms with Gasteiger partial charge in [-0.25, -0.2) is 0 Å². The normalized spacial score (nSPS) is 20.5. The first kappa shape index (κ1) is 30.9. The van der Waals surface area contributed by atoms with Crippen LogP contribution in [-0.4, -0.2) is 145 Å². The Kier molecular flexibility index (Phi) is 16.5. The summed E-state index contributed by atoms with van der Waals surface area (Å²) in [7, 11) is 0. The lowest BCUT2D eigenvalue weighted by Gasteiger charge is -2.33. The third-order valence-electron chi connectivity index (χ3n) is 6.35. The smallest absolute Gasteiger partial charge is 0.317 e. The van der Waals surface area contributed by atoms with Gasteiger partial charge in [0.25, 0.3) is 0 Å². The van der Waals surface area contributed by atoms with Gasteiger partial charge in [-0.1, -0.05) is 20.8 Å². The summed E-state index contributed by atoms with van der Waals surface area (Å²) >= 11 is 0. The van der Waals surface area contributed by atoms with Crippen LogP contribution in [0.3, 0.4) is 0 Å². The third-order valence-corrected chi connectivity index (χ3v) is 6.35. The van der Waals surface area contributed by atoms with E-state index in [4.69, 9.17) is 0 Å². The van der Waals surface area contributed by atoms with Crippen molar-refractivity contribution in [1.29, 1.82) is 0 Å². The molecule has 10 nitrogen and oxygen atoms in total. The van der Waals surface area contributed by atoms with E-state index in [0.717, 1.165) is 45.6 Å². The van der Waals surface area contributed by atoms with Crippen LogP contribution in [0.5, 0.6) is 0 Å². The van der Waals surface area contributed by atoms with Crippen LogP contribution in [0.2, 0.25) is 0 Å². The zero-order valence-corrected chi connectivity index (χ0v) is 21.6. The van der Waals surface area contributed by atoms with Crippen LogP contribution < -0.4 is 5.32 Å². The summed E-state index contributed by atoms with van der Waals surface area (Å²) < 4.78 is 0. The second kappa shape index (κ2) is 18.2. The standard InChI is InChI=1S/C24H49N5O5/c1-4-26-7-9-27(15-16-30)10-11-28(19-24(33)34)12-14-29(13-8-26)20-25-6-5-22(31)18-23(32)17-21(2)3/h16,21-23,25,31-32H,4-15,17-20H2,1-3H3,(H,33,34). The molecule has 0 radical (unpaired) electrons. The van der Waals surface area contributed by atoms with Crippen LogP contribution in [0.4, 0.5) is 0 Å². The van der Waals surface area contributed by atoms with Crippen LogP contribution in [0.15, 0.2) is 0 Å². The van der Waals surface area contributed by atoms with E-state index < -0.39 is 18.2 Å². The lowest BCUT2D eigenvalue weighted by Crippen LogP contribution is -2.48. The number of nitrogens with zero attached hydrogens (tertiary/aromatic N) is 4. The van der Waals surface area contributed by atoms with Crippen molar-refractivity contribution < 1.29 is 24.9 Å². The molecular weight excluding hydrogens is 438 g/mol. The topological polar surface area (TPSA) is 120 Å². The number of carbonyl (C=O) groups is 2. The fraction of sp³-hybridized carbons (Fsp3) is 0.917. The van der Waals surface area contributed by atoms with Gasteiger partial charge in [-0.3, -0.25) is 19.5 Å². The molecule has 2 unspecified atom stereocenters. The Morgan fingerprint density at radius 2 is 1.44 bits per heavy atom. The number of aliphatic carboxylic acids is 1. The average molecular weight is 488 g/mol. The zero-order valence-electron chi connectivity index (χ0n) is 21.6. The molecule has 0 spiro atoms. The first-order chi connectivity index (χ1) is 16.2. The molecule has 34 heavy (non-hydrogen) atoms. The summed E-state index contributed by atoms with van der Waals surface area (Å²) in [6, 6.07) is 0. The summed E-state index contributed by atoms with van der Waals surface area (Å²) in [6.07, 6.45) is 1.61. The van der Waals surface area contributed by atoms with Crippen molar-refractivity contribution in [3.63, 3.8) is 0 Å². The zero-order chi connectivity index (χ0) is 25.3. The summed E-state index contributed by atoms with van der Waals surface area (Å²) in [5.41, 5.74) is 0. The minimum Gasteiger partial charge on any atom is -0.480 e. The maximum absolute atomic E-state index is 11.3. The van der Waals surface area contributed by atoms with Gasteiger partial charge in [0.1, 0.15) is 6.29 Å². The van der Waals surface area contributed by atoms with E-state index >= 15 is 0 Å². The van der Waals surface area contributed by atoms with Gasteiger partial charge < -0.3 is 30.3 Å². The van der Waals surface area contributed by atoms with Crippen molar-refractivity contribution >= 4 is 12.3 Å². The average Bonchev–Trinajstić information content (AvgIpc) is 2.75. The molecule has 1 aliphatic rings. The Hall–Kier alpha value is -1.14. The van der Waals surface area contributed by atoms with E-state index in [1.807, 2.05) is 4.90 Å². The number of rotatable bonds is 14. The van der Waals surface area contributed by atoms with Gasteiger partial charge in [0.05, 0.1) is 25.3 Å². The van der Waals surface area contributed by atoms with Gasteiger partial charge in [0, 0.05) is 59.0 Å². The van der Waals surface area contributed by atoms with Gasteiger partial charge in [-0.2, -0.15) is 0 Å². The van der Waals surface area contributed by atoms with Gasteiger partial charge >= 0.3 is 5.97 Å². The Bertz CT molecular complexity index is 554. The van der Waals surface area contributed by atoms with Crippen molar-refractivity contribution in [2.75, 3.05) is 85.2 Å². The Morgan fingerprint density at radius 3 is 1.97 bits per heavy atom. The quantitative estimate of drug-likeness (QED) is 0.190. The fourth-order valence-corrected chi connectivity index (χ4v) is 4.27. The summed E-state index contributed by atoms with van der Waals surface area (Å²) in [6.45, 7) is 14.9. The Labute approximate surface area is 205 Å². The molecule has 0 bridgehead atoms. The van der Waals surface area contributed by atoms with Crippen molar-refractivity contribution in [2.45, 2.75) is 52.2 Å². The molecule has 2 atom stereocenters. The SMILES string of the molecule is CCN1CCN(CC=O)CCN(CC(=O)O)CCN(CNCCC(O)CC(O)CC(C)C)CC1. The molecule has 10 heteroatoms. The highest BCUT2D eigenvalue weighted by Gasteiger charge is 2.18. The number of aldehydes is 1. The molecule has 0 aromatic heterocycles. The van der Waals surface area contributed by atoms with Gasteiger partial charge in [-0.15, -0.1) is 0 Å². The van der Waals surface area contributed by atoms with Crippen LogP contribution in [0.25, 0.3) is 0 Å². The molecule has 1 rings (SSSR count). The Morgan fingerprint density at radius 1 is 0.882 bits per heavy atom. The molecule has 4 N–H and O–H groups in total. The number of nitrogens with one attached hydrogen (secondary N) is 1. The highest BCUT2D eigenvalue weighted by atomic mass is 16.4. The van der Waals surface area contributed by atoms with Gasteiger partial charge in [-0.05, 0) is 38.3 Å². The predicted octanol–water partition coefficient (Wildman–Crippen LogP) is -0.393. The molecule has 0 aromatic carbocycles. The predicted molar refractivity (Wildman–Crippen MR) is 134 cm³/mol. The number of hydrogen-bond acceptors (Lipinski definition) is 9. The third kappa shape index (κ3) is 15.0. The largest absolute Gasteiger partial charge is 0.480 e. The second-order valence-corrected chi connectivity index (χ2v) is 9.81. The number of aliphatic hydroxyl groups excluding tert-OH is 2. The molecule has 1 saturated heterocycles. The lowest BCUT2D eigenvalue weighted by atomic mass is 10.00. The van der Waals surface area contributed by atoms with Crippen molar-refractivity contribution in [1.82, 2.24) is 24.9 Å². The maximum atomic E-state index is 11.3. The molecule has 0 aromatic rings. The minimum atomic E-state index is -0.843. The summed E-state index contributed by atoms with van der Waals surface area (Å²) in [5.74, 6) is -0.435. The van der Waals surface area contributed by atoms with E-state index in [-0.39, 0.29) is 6.54 Å². The van der Waals surface area contributed by atoms with E-state index in [1.54, 1.807) is 0 Å². The molecule has 1 aliphatic heterocycles. The van der Waals surface area contributed by atoms with E-state index in [9.17, 15) is 24.9 Å². The molecule has 0 saturated carbocycles. The highest BCUT2D eigenvalue weighted by molar-refractivity contribution is 5.69. The van der Waals surface area contributed by atoms with E-state index in [1.165, 1.54) is 0 Å². The number of carboxylic acid groups (broad SMARTS) is 1. The van der Waals surface area contributed by atoms with Crippen LogP contribution in [-0.2, 0) is 9.59 Å². The molecular formula is C24H49N5O5. The second-order valence-electron chi connectivity index (χ2n) is 9.81. The highest BCUT2D eigenvalue weighted by Crippen LogP contribution is 2.11. The summed E-state index contributed by atoms with van der Waals surface area (Å²) in [4.78, 5) is 31.1. The first-order valence-corrected chi connectivity index (χ1v) is 12.8. The van der Waals surface area contributed by atoms with E-state index in [0.29, 0.717) is 64.6 Å². The number of hydrogen-bond donors (Lipinski definition) is 4. The van der Waals surface area contributed by atoms with Crippen molar-refractivity contribution in [3.05, 3.63) is 0 Å². The van der Waals surface area contributed by atoms with Gasteiger partial charge in [0.15, 0.2) is 0 Å². The molecule has 200 valence electrons. The molecule has 1 heterocycles. The number of carbonyl (C=O) groups excluding carboxylic acids is 1. The minimum absolute atomic E-state index is 0.0117. The van der Waals surface area contributed by atoms with Crippen LogP contribution in [0.1, 0.15) is 40.0 Å². The molecule has 0 aliphatic carbocycles. The van der Waals surface area contributed by atoms with Crippen LogP contribution >= 0.6 is 0 Å².